The molecule has 6 heteroatoms. The zero-order valence-corrected chi connectivity index (χ0v) is 23.5. The summed E-state index contributed by atoms with van der Waals surface area (Å²) in [6.45, 7) is 2.03. The molecule has 4 N–H and O–H groups in total. The molecule has 1 amide bonds. The number of hydrogen-bond acceptors (Lipinski definition) is 4. The molecule has 0 spiro atoms. The van der Waals surface area contributed by atoms with Crippen molar-refractivity contribution in [2.75, 3.05) is 18.1 Å². The average Bonchev–Trinajstić information content (AvgIpc) is 3.28. The number of fused-ring (bicyclic) bond motifs is 2. The number of nitrogens with one attached hydrogen (secondary N) is 2. The van der Waals surface area contributed by atoms with Crippen LogP contribution < -0.4 is 16.0 Å². The van der Waals surface area contributed by atoms with E-state index < -0.39 is 5.54 Å². The number of amides is 1. The third kappa shape index (κ3) is 5.10. The molecule has 2 aliphatic heterocycles. The van der Waals surface area contributed by atoms with Crippen LogP contribution in [0.4, 0.5) is 5.69 Å². The molecule has 3 aromatic rings. The molecule has 0 bridgehead atoms. The van der Waals surface area contributed by atoms with Gasteiger partial charge in [0, 0.05) is 43.5 Å². The number of nitrogen functional groups attached to an aromatic ring is 1. The Kier molecular flexibility index (Phi) is 7.79. The van der Waals surface area contributed by atoms with Gasteiger partial charge in [-0.05, 0) is 59.6 Å². The van der Waals surface area contributed by atoms with Gasteiger partial charge in [0.25, 0.3) is 0 Å². The topological polar surface area (TPSA) is 91.4 Å². The Morgan fingerprint density at radius 2 is 1.68 bits per heavy atom. The Labute approximate surface area is 237 Å². The number of amidine groups is 1. The van der Waals surface area contributed by atoms with E-state index >= 15 is 0 Å². The highest BCUT2D eigenvalue weighted by atomic mass is 16.5. The molecule has 3 aliphatic rings. The predicted octanol–water partition coefficient (Wildman–Crippen LogP) is 6.08. The zero-order valence-electron chi connectivity index (χ0n) is 23.5. The highest BCUT2D eigenvalue weighted by Gasteiger charge is 2.54. The molecule has 0 radical (unpaired) electrons. The second-order valence-electron chi connectivity index (χ2n) is 12.0. The minimum absolute atomic E-state index is 0.0584. The van der Waals surface area contributed by atoms with Crippen molar-refractivity contribution in [1.29, 1.82) is 5.41 Å². The Hall–Kier alpha value is -3.38. The minimum atomic E-state index is -0.690. The van der Waals surface area contributed by atoms with E-state index in [1.54, 1.807) is 0 Å². The molecule has 6 nitrogen and oxygen atoms in total. The van der Waals surface area contributed by atoms with Gasteiger partial charge in [-0.3, -0.25) is 10.2 Å². The van der Waals surface area contributed by atoms with Crippen molar-refractivity contribution < 1.29 is 9.53 Å². The average molecular weight is 539 g/mol. The summed E-state index contributed by atoms with van der Waals surface area (Å²) < 4.78 is 5.61. The molecule has 2 heterocycles. The normalized spacial score (nSPS) is 22.4. The van der Waals surface area contributed by atoms with Crippen LogP contribution >= 0.6 is 0 Å². The lowest BCUT2D eigenvalue weighted by Crippen LogP contribution is -2.63. The Morgan fingerprint density at radius 3 is 2.45 bits per heavy atom. The van der Waals surface area contributed by atoms with Crippen LogP contribution in [0.2, 0.25) is 0 Å². The lowest BCUT2D eigenvalue weighted by molar-refractivity contribution is -0.130. The largest absolute Gasteiger partial charge is 0.384 e. The van der Waals surface area contributed by atoms with Crippen LogP contribution in [0, 0.1) is 11.3 Å². The van der Waals surface area contributed by atoms with Crippen molar-refractivity contribution in [2.24, 2.45) is 11.7 Å². The van der Waals surface area contributed by atoms with Crippen LogP contribution in [0.3, 0.4) is 0 Å². The predicted molar refractivity (Wildman–Crippen MR) is 162 cm³/mol. The molecular formula is C34H42N4O2. The van der Waals surface area contributed by atoms with Crippen molar-refractivity contribution in [1.82, 2.24) is 5.32 Å². The number of carbonyl (C=O) groups excluding carboxylic acids is 1. The Balaban J connectivity index is 1.49. The van der Waals surface area contributed by atoms with Crippen molar-refractivity contribution in [3.05, 3.63) is 77.4 Å². The maximum atomic E-state index is 14.8. The standard InChI is InChI=1S/C34H42N4O2/c35-32(36)25-15-16-26-22-34(28-12-4-2-1-3-5-13-28,33(39)37-29-17-19-40-20-18-29)38(31(26)21-25)23-27-11-8-10-24-9-6-7-14-30(24)27/h6-11,14-16,21,28-29H,1-5,12-13,17-20,22-23H2,(H3,35,36)(H,37,39). The van der Waals surface area contributed by atoms with Crippen LogP contribution in [-0.2, 0) is 22.5 Å². The van der Waals surface area contributed by atoms with Gasteiger partial charge < -0.3 is 20.7 Å². The third-order valence-electron chi connectivity index (χ3n) is 9.57. The monoisotopic (exact) mass is 538 g/mol. The molecule has 6 rings (SSSR count). The van der Waals surface area contributed by atoms with E-state index in [1.165, 1.54) is 41.2 Å². The van der Waals surface area contributed by atoms with E-state index in [2.05, 4.69) is 64.8 Å². The van der Waals surface area contributed by atoms with Crippen molar-refractivity contribution >= 4 is 28.2 Å². The Morgan fingerprint density at radius 1 is 0.950 bits per heavy atom. The molecule has 1 aliphatic carbocycles. The Bertz CT molecular complexity index is 1370. The molecule has 1 saturated heterocycles. The second-order valence-corrected chi connectivity index (χ2v) is 12.0. The summed E-state index contributed by atoms with van der Waals surface area (Å²) in [6, 6.07) is 21.2. The number of carbonyl (C=O) groups is 1. The van der Waals surface area contributed by atoms with Gasteiger partial charge >= 0.3 is 0 Å². The fourth-order valence-electron chi connectivity index (χ4n) is 7.40. The molecule has 0 aromatic heterocycles. The van der Waals surface area contributed by atoms with Crippen LogP contribution in [0.1, 0.15) is 74.5 Å². The first-order valence-electron chi connectivity index (χ1n) is 15.2. The molecule has 40 heavy (non-hydrogen) atoms. The molecular weight excluding hydrogens is 496 g/mol. The highest BCUT2D eigenvalue weighted by molar-refractivity contribution is 5.98. The summed E-state index contributed by atoms with van der Waals surface area (Å²) in [6.07, 6.45) is 10.6. The van der Waals surface area contributed by atoms with Crippen LogP contribution in [0.5, 0.6) is 0 Å². The fourth-order valence-corrected chi connectivity index (χ4v) is 7.40. The summed E-state index contributed by atoms with van der Waals surface area (Å²) in [5.74, 6) is 0.463. The molecule has 210 valence electrons. The molecule has 3 aromatic carbocycles. The van der Waals surface area contributed by atoms with Crippen LogP contribution in [0.25, 0.3) is 10.8 Å². The van der Waals surface area contributed by atoms with E-state index in [1.807, 2.05) is 6.07 Å². The zero-order chi connectivity index (χ0) is 27.5. The number of anilines is 1. The third-order valence-corrected chi connectivity index (χ3v) is 9.57. The van der Waals surface area contributed by atoms with Gasteiger partial charge in [0.15, 0.2) is 0 Å². The van der Waals surface area contributed by atoms with E-state index in [0.29, 0.717) is 31.7 Å². The van der Waals surface area contributed by atoms with Crippen molar-refractivity contribution in [2.45, 2.75) is 82.3 Å². The molecule has 1 atom stereocenters. The first-order chi connectivity index (χ1) is 19.6. The van der Waals surface area contributed by atoms with Crippen molar-refractivity contribution in [3.63, 3.8) is 0 Å². The van der Waals surface area contributed by atoms with E-state index in [4.69, 9.17) is 15.9 Å². The van der Waals surface area contributed by atoms with E-state index in [-0.39, 0.29) is 23.7 Å². The maximum absolute atomic E-state index is 14.8. The van der Waals surface area contributed by atoms with Gasteiger partial charge in [0.05, 0.1) is 0 Å². The fraction of sp³-hybridized carbons (Fsp3) is 0.471. The van der Waals surface area contributed by atoms with E-state index in [9.17, 15) is 4.79 Å². The number of nitrogens with zero attached hydrogens (tertiary/aromatic N) is 1. The lowest BCUT2D eigenvalue weighted by atomic mass is 9.73. The molecule has 1 saturated carbocycles. The first kappa shape index (κ1) is 26.8. The summed E-state index contributed by atoms with van der Waals surface area (Å²) in [5.41, 5.74) is 9.44. The summed E-state index contributed by atoms with van der Waals surface area (Å²) >= 11 is 0. The number of hydrogen-bond donors (Lipinski definition) is 3. The molecule has 2 fully saturated rings. The summed E-state index contributed by atoms with van der Waals surface area (Å²) in [4.78, 5) is 17.2. The van der Waals surface area contributed by atoms with Gasteiger partial charge in [-0.2, -0.15) is 0 Å². The van der Waals surface area contributed by atoms with E-state index in [0.717, 1.165) is 44.2 Å². The second kappa shape index (κ2) is 11.6. The van der Waals surface area contributed by atoms with Crippen LogP contribution in [-0.4, -0.2) is 36.5 Å². The molecule has 1 unspecified atom stereocenters. The van der Waals surface area contributed by atoms with Gasteiger partial charge in [-0.25, -0.2) is 0 Å². The highest BCUT2D eigenvalue weighted by Crippen LogP contribution is 2.48. The maximum Gasteiger partial charge on any atom is 0.246 e. The quantitative estimate of drug-likeness (QED) is 0.262. The number of nitrogens with two attached hydrogens (primary N) is 1. The minimum Gasteiger partial charge on any atom is -0.384 e. The van der Waals surface area contributed by atoms with Crippen LogP contribution in [0.15, 0.2) is 60.7 Å². The number of benzene rings is 3. The van der Waals surface area contributed by atoms with Gasteiger partial charge in [-0.15, -0.1) is 0 Å². The lowest BCUT2D eigenvalue weighted by Gasteiger charge is -2.46. The van der Waals surface area contributed by atoms with Gasteiger partial charge in [0.2, 0.25) is 5.91 Å². The SMILES string of the molecule is N=C(N)c1ccc2c(c1)N(Cc1cccc3ccccc13)C(C(=O)NC1CCOCC1)(C1CCCCCCC1)C2. The van der Waals surface area contributed by atoms with Gasteiger partial charge in [0.1, 0.15) is 11.4 Å². The summed E-state index contributed by atoms with van der Waals surface area (Å²) in [5, 5.41) is 14.1. The number of ether oxygens (including phenoxy) is 1. The number of rotatable bonds is 6. The smallest absolute Gasteiger partial charge is 0.246 e. The first-order valence-corrected chi connectivity index (χ1v) is 15.2. The van der Waals surface area contributed by atoms with Gasteiger partial charge in [-0.1, -0.05) is 86.7 Å². The van der Waals surface area contributed by atoms with Crippen molar-refractivity contribution in [3.8, 4) is 0 Å². The summed E-state index contributed by atoms with van der Waals surface area (Å²) in [7, 11) is 0.